The van der Waals surface area contributed by atoms with Crippen molar-refractivity contribution in [3.05, 3.63) is 64.4 Å². The van der Waals surface area contributed by atoms with Crippen molar-refractivity contribution in [2.75, 3.05) is 6.54 Å². The lowest BCUT2D eigenvalue weighted by molar-refractivity contribution is 0.182. The zero-order valence-corrected chi connectivity index (χ0v) is 13.3. The van der Waals surface area contributed by atoms with Gasteiger partial charge >= 0.3 is 0 Å². The molecule has 4 nitrogen and oxygen atoms in total. The summed E-state index contributed by atoms with van der Waals surface area (Å²) < 4.78 is 39.7. The van der Waals surface area contributed by atoms with Gasteiger partial charge in [-0.15, -0.1) is 0 Å². The van der Waals surface area contributed by atoms with E-state index in [-0.39, 0.29) is 11.4 Å². The van der Waals surface area contributed by atoms with E-state index < -0.39 is 21.9 Å². The van der Waals surface area contributed by atoms with E-state index in [1.807, 2.05) is 0 Å². The van der Waals surface area contributed by atoms with E-state index >= 15 is 0 Å². The lowest BCUT2D eigenvalue weighted by Crippen LogP contribution is -2.29. The molecular formula is C15H15ClFNO3S. The normalized spacial score (nSPS) is 13.1. The topological polar surface area (TPSA) is 66.4 Å². The van der Waals surface area contributed by atoms with Gasteiger partial charge in [0.15, 0.2) is 0 Å². The Hall–Kier alpha value is -1.47. The molecule has 0 spiro atoms. The SMILES string of the molecule is Cc1cc(F)ccc1S(=O)(=O)NCC(O)c1ccc(Cl)cc1. The van der Waals surface area contributed by atoms with E-state index in [1.54, 1.807) is 24.3 Å². The van der Waals surface area contributed by atoms with Crippen molar-refractivity contribution < 1.29 is 17.9 Å². The van der Waals surface area contributed by atoms with Crippen LogP contribution in [0.25, 0.3) is 0 Å². The molecule has 7 heteroatoms. The summed E-state index contributed by atoms with van der Waals surface area (Å²) in [5.74, 6) is -0.502. The Morgan fingerprint density at radius 3 is 2.45 bits per heavy atom. The number of hydrogen-bond acceptors (Lipinski definition) is 3. The third-order valence-electron chi connectivity index (χ3n) is 3.15. The summed E-state index contributed by atoms with van der Waals surface area (Å²) in [7, 11) is -3.82. The van der Waals surface area contributed by atoms with Gasteiger partial charge in [0, 0.05) is 11.6 Å². The Balaban J connectivity index is 2.10. The number of hydrogen-bond donors (Lipinski definition) is 2. The molecule has 0 saturated heterocycles. The van der Waals surface area contributed by atoms with Gasteiger partial charge in [0.05, 0.1) is 11.0 Å². The fourth-order valence-electron chi connectivity index (χ4n) is 1.98. The third-order valence-corrected chi connectivity index (χ3v) is 4.98. The summed E-state index contributed by atoms with van der Waals surface area (Å²) in [4.78, 5) is -0.0165. The van der Waals surface area contributed by atoms with Gasteiger partial charge in [-0.1, -0.05) is 23.7 Å². The molecule has 0 saturated carbocycles. The highest BCUT2D eigenvalue weighted by atomic mass is 35.5. The molecule has 0 bridgehead atoms. The Labute approximate surface area is 133 Å². The molecule has 2 aromatic carbocycles. The Morgan fingerprint density at radius 1 is 1.23 bits per heavy atom. The largest absolute Gasteiger partial charge is 0.387 e. The average molecular weight is 344 g/mol. The van der Waals surface area contributed by atoms with Gasteiger partial charge in [-0.25, -0.2) is 17.5 Å². The van der Waals surface area contributed by atoms with Crippen LogP contribution in [-0.4, -0.2) is 20.1 Å². The van der Waals surface area contributed by atoms with E-state index in [0.717, 1.165) is 12.1 Å². The summed E-state index contributed by atoms with van der Waals surface area (Å²) in [6.07, 6.45) is -1.01. The van der Waals surface area contributed by atoms with Crippen molar-refractivity contribution in [2.45, 2.75) is 17.9 Å². The Morgan fingerprint density at radius 2 is 1.86 bits per heavy atom. The maximum absolute atomic E-state index is 13.0. The molecule has 118 valence electrons. The average Bonchev–Trinajstić information content (AvgIpc) is 2.45. The molecule has 0 aliphatic rings. The standard InChI is InChI=1S/C15H15ClFNO3S/c1-10-8-13(17)6-7-15(10)22(20,21)18-9-14(19)11-2-4-12(16)5-3-11/h2-8,14,18-19H,9H2,1H3. The molecule has 0 aliphatic carbocycles. The van der Waals surface area contributed by atoms with Crippen LogP contribution in [-0.2, 0) is 10.0 Å². The highest BCUT2D eigenvalue weighted by Gasteiger charge is 2.19. The van der Waals surface area contributed by atoms with Crippen LogP contribution in [0.15, 0.2) is 47.4 Å². The van der Waals surface area contributed by atoms with Crippen LogP contribution in [0, 0.1) is 12.7 Å². The first kappa shape index (κ1) is 16.9. The van der Waals surface area contributed by atoms with E-state index in [4.69, 9.17) is 11.6 Å². The lowest BCUT2D eigenvalue weighted by Gasteiger charge is -2.14. The molecule has 0 heterocycles. The van der Waals surface area contributed by atoms with Crippen molar-refractivity contribution in [3.63, 3.8) is 0 Å². The van der Waals surface area contributed by atoms with E-state index in [0.29, 0.717) is 16.1 Å². The zero-order chi connectivity index (χ0) is 16.3. The van der Waals surface area contributed by atoms with Gasteiger partial charge in [-0.2, -0.15) is 0 Å². The number of nitrogens with one attached hydrogen (secondary N) is 1. The smallest absolute Gasteiger partial charge is 0.240 e. The van der Waals surface area contributed by atoms with Crippen molar-refractivity contribution in [3.8, 4) is 0 Å². The number of aliphatic hydroxyl groups is 1. The Kier molecular flexibility index (Phi) is 5.18. The van der Waals surface area contributed by atoms with Crippen LogP contribution in [0.2, 0.25) is 5.02 Å². The number of aryl methyl sites for hydroxylation is 1. The minimum absolute atomic E-state index is 0.0165. The Bertz CT molecular complexity index is 763. The maximum atomic E-state index is 13.0. The van der Waals surface area contributed by atoms with E-state index in [2.05, 4.69) is 4.72 Å². The molecule has 2 rings (SSSR count). The number of sulfonamides is 1. The van der Waals surface area contributed by atoms with Crippen LogP contribution in [0.3, 0.4) is 0 Å². The van der Waals surface area contributed by atoms with Crippen LogP contribution in [0.5, 0.6) is 0 Å². The monoisotopic (exact) mass is 343 g/mol. The highest BCUT2D eigenvalue weighted by molar-refractivity contribution is 7.89. The quantitative estimate of drug-likeness (QED) is 0.877. The molecule has 2 N–H and O–H groups in total. The summed E-state index contributed by atoms with van der Waals surface area (Å²) in [5.41, 5.74) is 0.844. The minimum Gasteiger partial charge on any atom is -0.387 e. The molecule has 0 amide bonds. The second-order valence-electron chi connectivity index (χ2n) is 4.83. The number of rotatable bonds is 5. The number of benzene rings is 2. The predicted octanol–water partition coefficient (Wildman–Crippen LogP) is 2.80. The second kappa shape index (κ2) is 6.75. The van der Waals surface area contributed by atoms with Gasteiger partial charge in [0.2, 0.25) is 10.0 Å². The van der Waals surface area contributed by atoms with Crippen molar-refractivity contribution in [2.24, 2.45) is 0 Å². The van der Waals surface area contributed by atoms with E-state index in [1.165, 1.54) is 13.0 Å². The molecule has 2 aromatic rings. The summed E-state index contributed by atoms with van der Waals surface area (Å²) in [6.45, 7) is 1.31. The molecule has 22 heavy (non-hydrogen) atoms. The second-order valence-corrected chi connectivity index (χ2v) is 7.00. The molecule has 0 fully saturated rings. The minimum atomic E-state index is -3.82. The van der Waals surface area contributed by atoms with Crippen LogP contribution in [0.1, 0.15) is 17.2 Å². The number of halogens is 2. The maximum Gasteiger partial charge on any atom is 0.240 e. The molecular weight excluding hydrogens is 329 g/mol. The molecule has 1 atom stereocenters. The molecule has 0 aliphatic heterocycles. The summed E-state index contributed by atoms with van der Waals surface area (Å²) in [5, 5.41) is 10.5. The van der Waals surface area contributed by atoms with E-state index in [9.17, 15) is 17.9 Å². The molecule has 1 unspecified atom stereocenters. The van der Waals surface area contributed by atoms with Gasteiger partial charge in [-0.3, -0.25) is 0 Å². The first-order valence-electron chi connectivity index (χ1n) is 6.49. The zero-order valence-electron chi connectivity index (χ0n) is 11.8. The van der Waals surface area contributed by atoms with Gasteiger partial charge in [0.1, 0.15) is 5.82 Å². The number of aliphatic hydroxyl groups excluding tert-OH is 1. The van der Waals surface area contributed by atoms with Crippen LogP contribution in [0.4, 0.5) is 4.39 Å². The van der Waals surface area contributed by atoms with Crippen molar-refractivity contribution in [1.82, 2.24) is 4.72 Å². The first-order chi connectivity index (χ1) is 10.3. The van der Waals surface area contributed by atoms with Crippen molar-refractivity contribution >= 4 is 21.6 Å². The third kappa shape index (κ3) is 4.04. The fourth-order valence-corrected chi connectivity index (χ4v) is 3.37. The predicted molar refractivity (Wildman–Crippen MR) is 82.7 cm³/mol. The van der Waals surface area contributed by atoms with Gasteiger partial charge in [0.25, 0.3) is 0 Å². The van der Waals surface area contributed by atoms with Crippen molar-refractivity contribution in [1.29, 1.82) is 0 Å². The molecule has 0 radical (unpaired) electrons. The fraction of sp³-hybridized carbons (Fsp3) is 0.200. The first-order valence-corrected chi connectivity index (χ1v) is 8.35. The summed E-state index contributed by atoms with van der Waals surface area (Å²) in [6, 6.07) is 9.87. The molecule has 0 aromatic heterocycles. The summed E-state index contributed by atoms with van der Waals surface area (Å²) >= 11 is 5.75. The van der Waals surface area contributed by atoms with Crippen LogP contribution < -0.4 is 4.72 Å². The highest BCUT2D eigenvalue weighted by Crippen LogP contribution is 2.18. The van der Waals surface area contributed by atoms with Gasteiger partial charge in [-0.05, 0) is 48.4 Å². The van der Waals surface area contributed by atoms with Crippen LogP contribution >= 0.6 is 11.6 Å². The lowest BCUT2D eigenvalue weighted by atomic mass is 10.1. The van der Waals surface area contributed by atoms with Gasteiger partial charge < -0.3 is 5.11 Å².